The van der Waals surface area contributed by atoms with E-state index in [0.29, 0.717) is 23.5 Å². The van der Waals surface area contributed by atoms with E-state index in [1.807, 2.05) is 0 Å². The van der Waals surface area contributed by atoms with Crippen molar-refractivity contribution in [2.24, 2.45) is 12.0 Å². The van der Waals surface area contributed by atoms with Crippen LogP contribution >= 0.6 is 11.3 Å². The Balaban J connectivity index is 1.56. The number of aryl methyl sites for hydroxylation is 1. The predicted octanol–water partition coefficient (Wildman–Crippen LogP) is 2.57. The number of aromatic nitrogens is 1. The zero-order valence-corrected chi connectivity index (χ0v) is 20.7. The second-order valence-electron chi connectivity index (χ2n) is 7.98. The monoisotopic (exact) mass is 503 g/mol. The van der Waals surface area contributed by atoms with Gasteiger partial charge in [-0.25, -0.2) is 13.2 Å². The van der Waals surface area contributed by atoms with Crippen LogP contribution in [0.4, 0.5) is 0 Å². The van der Waals surface area contributed by atoms with E-state index in [9.17, 15) is 18.0 Å². The van der Waals surface area contributed by atoms with E-state index in [1.165, 1.54) is 54.1 Å². The number of carbonyl (C=O) groups excluding carboxylic acids is 2. The quantitative estimate of drug-likeness (QED) is 0.479. The first-order valence-corrected chi connectivity index (χ1v) is 12.9. The number of rotatable bonds is 6. The maximum atomic E-state index is 12.9. The first-order chi connectivity index (χ1) is 16.2. The summed E-state index contributed by atoms with van der Waals surface area (Å²) in [6.45, 7) is 0.946. The van der Waals surface area contributed by atoms with Gasteiger partial charge in [-0.05, 0) is 55.3 Å². The molecule has 1 fully saturated rings. The molecule has 4 rings (SSSR count). The van der Waals surface area contributed by atoms with E-state index in [2.05, 4.69) is 4.99 Å². The third kappa shape index (κ3) is 4.83. The molecular weight excluding hydrogens is 478 g/mol. The second kappa shape index (κ2) is 9.79. The van der Waals surface area contributed by atoms with Crippen molar-refractivity contribution in [3.05, 3.63) is 58.4 Å². The molecule has 0 N–H and O–H groups in total. The number of likely N-dealkylation sites (N-methyl/N-ethyl adjacent to an activating group) is 1. The summed E-state index contributed by atoms with van der Waals surface area (Å²) in [5.41, 5.74) is 1.50. The van der Waals surface area contributed by atoms with Gasteiger partial charge in [0, 0.05) is 32.8 Å². The molecule has 11 heteroatoms. The van der Waals surface area contributed by atoms with Crippen LogP contribution < -0.4 is 4.80 Å². The normalized spacial score (nSPS) is 16.9. The van der Waals surface area contributed by atoms with Crippen LogP contribution in [0.25, 0.3) is 10.2 Å². The lowest BCUT2D eigenvalue weighted by atomic mass is 10.2. The van der Waals surface area contributed by atoms with E-state index in [0.717, 1.165) is 23.1 Å². The highest BCUT2D eigenvalue weighted by atomic mass is 32.2. The molecule has 34 heavy (non-hydrogen) atoms. The molecule has 3 aromatic rings. The van der Waals surface area contributed by atoms with Crippen LogP contribution in [0, 0.1) is 0 Å². The van der Waals surface area contributed by atoms with Crippen LogP contribution in [-0.4, -0.2) is 62.6 Å². The fourth-order valence-corrected chi connectivity index (χ4v) is 6.02. The number of ether oxygens (including phenoxy) is 2. The summed E-state index contributed by atoms with van der Waals surface area (Å²) in [6, 6.07) is 10.9. The first-order valence-electron chi connectivity index (χ1n) is 10.7. The largest absolute Gasteiger partial charge is 0.465 e. The molecule has 0 spiro atoms. The van der Waals surface area contributed by atoms with Gasteiger partial charge < -0.3 is 14.0 Å². The number of methoxy groups -OCH3 is 1. The van der Waals surface area contributed by atoms with Gasteiger partial charge in [-0.3, -0.25) is 4.79 Å². The molecule has 1 aromatic heterocycles. The Morgan fingerprint density at radius 2 is 1.91 bits per heavy atom. The average Bonchev–Trinajstić information content (AvgIpc) is 3.46. The SMILES string of the molecule is COC(=O)c1ccc2c(c1)sc(=NC(=O)c1ccc(S(=O)(=O)N(C)CC3CCCO3)cc1)n2C. The molecule has 1 aliphatic rings. The molecule has 2 aromatic carbocycles. The van der Waals surface area contributed by atoms with Crippen molar-refractivity contribution in [2.45, 2.75) is 23.8 Å². The predicted molar refractivity (Wildman–Crippen MR) is 127 cm³/mol. The van der Waals surface area contributed by atoms with E-state index < -0.39 is 21.9 Å². The van der Waals surface area contributed by atoms with Crippen molar-refractivity contribution >= 4 is 43.5 Å². The third-order valence-corrected chi connectivity index (χ3v) is 8.65. The number of carbonyl (C=O) groups is 2. The zero-order valence-electron chi connectivity index (χ0n) is 19.1. The summed E-state index contributed by atoms with van der Waals surface area (Å²) >= 11 is 1.27. The average molecular weight is 504 g/mol. The summed E-state index contributed by atoms with van der Waals surface area (Å²) in [4.78, 5) is 29.3. The number of hydrogen-bond donors (Lipinski definition) is 0. The molecule has 0 aliphatic carbocycles. The second-order valence-corrected chi connectivity index (χ2v) is 11.0. The van der Waals surface area contributed by atoms with Crippen molar-refractivity contribution < 1.29 is 27.5 Å². The van der Waals surface area contributed by atoms with E-state index >= 15 is 0 Å². The van der Waals surface area contributed by atoms with Gasteiger partial charge in [0.25, 0.3) is 5.91 Å². The summed E-state index contributed by atoms with van der Waals surface area (Å²) in [5, 5.41) is 0. The van der Waals surface area contributed by atoms with Crippen LogP contribution in [-0.2, 0) is 26.5 Å². The number of sulfonamides is 1. The third-order valence-electron chi connectivity index (χ3n) is 5.72. The molecule has 180 valence electrons. The Kier molecular flexibility index (Phi) is 6.99. The number of fused-ring (bicyclic) bond motifs is 1. The number of thiazole rings is 1. The molecule has 1 amide bonds. The molecule has 1 aliphatic heterocycles. The van der Waals surface area contributed by atoms with Gasteiger partial charge in [0.05, 0.1) is 33.9 Å². The van der Waals surface area contributed by atoms with Crippen LogP contribution in [0.2, 0.25) is 0 Å². The van der Waals surface area contributed by atoms with E-state index in [4.69, 9.17) is 9.47 Å². The standard InChI is InChI=1S/C23H25N3O6S2/c1-25(14-17-5-4-12-32-17)34(29,30)18-9-6-15(7-10-18)21(27)24-23-26(2)19-11-8-16(22(28)31-3)13-20(19)33-23/h6-11,13,17H,4-5,12,14H2,1-3H3. The Morgan fingerprint density at radius 3 is 2.56 bits per heavy atom. The molecule has 2 heterocycles. The highest BCUT2D eigenvalue weighted by Crippen LogP contribution is 2.21. The first kappa shape index (κ1) is 24.3. The molecule has 1 saturated heterocycles. The van der Waals surface area contributed by atoms with Crippen LogP contribution in [0.1, 0.15) is 33.6 Å². The van der Waals surface area contributed by atoms with Gasteiger partial charge in [-0.15, -0.1) is 0 Å². The summed E-state index contributed by atoms with van der Waals surface area (Å²) in [5.74, 6) is -0.934. The highest BCUT2D eigenvalue weighted by Gasteiger charge is 2.26. The van der Waals surface area contributed by atoms with Gasteiger partial charge >= 0.3 is 5.97 Å². The Labute approximate surface area is 201 Å². The van der Waals surface area contributed by atoms with Gasteiger partial charge in [0.1, 0.15) is 0 Å². The number of nitrogens with zero attached hydrogens (tertiary/aromatic N) is 3. The molecular formula is C23H25N3O6S2. The van der Waals surface area contributed by atoms with E-state index in [-0.39, 0.29) is 16.6 Å². The van der Waals surface area contributed by atoms with Crippen LogP contribution in [0.15, 0.2) is 52.4 Å². The van der Waals surface area contributed by atoms with Gasteiger partial charge in [-0.2, -0.15) is 9.30 Å². The van der Waals surface area contributed by atoms with Gasteiger partial charge in [0.2, 0.25) is 10.0 Å². The van der Waals surface area contributed by atoms with Crippen molar-refractivity contribution in [2.75, 3.05) is 27.3 Å². The number of esters is 1. The molecule has 1 atom stereocenters. The Bertz CT molecular complexity index is 1400. The molecule has 0 radical (unpaired) electrons. The molecule has 1 unspecified atom stereocenters. The van der Waals surface area contributed by atoms with Gasteiger partial charge in [0.15, 0.2) is 4.80 Å². The van der Waals surface area contributed by atoms with Crippen LogP contribution in [0.5, 0.6) is 0 Å². The lowest BCUT2D eigenvalue weighted by molar-refractivity contribution is 0.0600. The minimum absolute atomic E-state index is 0.0924. The molecule has 0 saturated carbocycles. The van der Waals surface area contributed by atoms with Crippen molar-refractivity contribution in [1.29, 1.82) is 0 Å². The highest BCUT2D eigenvalue weighted by molar-refractivity contribution is 7.89. The van der Waals surface area contributed by atoms with Gasteiger partial charge in [-0.1, -0.05) is 11.3 Å². The minimum atomic E-state index is -3.69. The fourth-order valence-electron chi connectivity index (χ4n) is 3.76. The maximum Gasteiger partial charge on any atom is 0.337 e. The summed E-state index contributed by atoms with van der Waals surface area (Å²) < 4.78 is 39.8. The smallest absolute Gasteiger partial charge is 0.337 e. The number of benzene rings is 2. The zero-order chi connectivity index (χ0) is 24.5. The topological polar surface area (TPSA) is 107 Å². The maximum absolute atomic E-state index is 12.9. The number of amides is 1. The number of hydrogen-bond acceptors (Lipinski definition) is 7. The van der Waals surface area contributed by atoms with Crippen molar-refractivity contribution in [3.8, 4) is 0 Å². The van der Waals surface area contributed by atoms with Crippen LogP contribution in [0.3, 0.4) is 0 Å². The molecule has 9 nitrogen and oxygen atoms in total. The lowest BCUT2D eigenvalue weighted by Crippen LogP contribution is -2.34. The van der Waals surface area contributed by atoms with Crippen molar-refractivity contribution in [3.63, 3.8) is 0 Å². The summed E-state index contributed by atoms with van der Waals surface area (Å²) in [7, 11) is 0.931. The summed E-state index contributed by atoms with van der Waals surface area (Å²) in [6.07, 6.45) is 1.68. The lowest BCUT2D eigenvalue weighted by Gasteiger charge is -2.20. The van der Waals surface area contributed by atoms with E-state index in [1.54, 1.807) is 29.8 Å². The van der Waals surface area contributed by atoms with Crippen molar-refractivity contribution in [1.82, 2.24) is 8.87 Å². The fraction of sp³-hybridized carbons (Fsp3) is 0.348. The Hall–Kier alpha value is -2.86. The Morgan fingerprint density at radius 1 is 1.21 bits per heavy atom. The minimum Gasteiger partial charge on any atom is -0.465 e. The molecule has 0 bridgehead atoms.